The van der Waals surface area contributed by atoms with Gasteiger partial charge in [0.05, 0.1) is 0 Å². The van der Waals surface area contributed by atoms with E-state index < -0.39 is 23.2 Å². The highest BCUT2D eigenvalue weighted by Gasteiger charge is 2.52. The monoisotopic (exact) mass is 310 g/mol. The summed E-state index contributed by atoms with van der Waals surface area (Å²) in [6.07, 6.45) is 0. The Balaban J connectivity index is 1.78. The van der Waals surface area contributed by atoms with Crippen molar-refractivity contribution in [2.45, 2.75) is 12.6 Å². The molecule has 0 aromatic heterocycles. The van der Waals surface area contributed by atoms with Crippen LogP contribution in [0.3, 0.4) is 0 Å². The van der Waals surface area contributed by atoms with Gasteiger partial charge in [0.1, 0.15) is 0 Å². The van der Waals surface area contributed by atoms with Crippen molar-refractivity contribution in [3.8, 4) is 0 Å². The van der Waals surface area contributed by atoms with Crippen molar-refractivity contribution >= 4 is 17.5 Å². The van der Waals surface area contributed by atoms with Crippen LogP contribution >= 0.6 is 0 Å². The minimum atomic E-state index is -2.48. The number of fused-ring (bicyclic) bond motifs is 1. The summed E-state index contributed by atoms with van der Waals surface area (Å²) in [6.45, 7) is 1.88. The van der Waals surface area contributed by atoms with Crippen LogP contribution in [0.1, 0.15) is 36.6 Å². The van der Waals surface area contributed by atoms with Gasteiger partial charge in [-0.25, -0.2) is 0 Å². The van der Waals surface area contributed by atoms with Crippen LogP contribution in [0.2, 0.25) is 0 Å². The number of benzene rings is 2. The summed E-state index contributed by atoms with van der Waals surface area (Å²) in [5.41, 5.74) is 3.48. The number of amides is 1. The molecule has 116 valence electrons. The Hall–Kier alpha value is -2.83. The quantitative estimate of drug-likeness (QED) is 0.446. The molecule has 0 unspecified atom stereocenters. The molecule has 2 aromatic rings. The van der Waals surface area contributed by atoms with E-state index in [2.05, 4.69) is 10.9 Å². The zero-order chi connectivity index (χ0) is 16.6. The Labute approximate surface area is 132 Å². The molecule has 2 aromatic carbocycles. The van der Waals surface area contributed by atoms with E-state index in [-0.39, 0.29) is 11.1 Å². The van der Waals surface area contributed by atoms with Gasteiger partial charge < -0.3 is 5.11 Å². The Kier molecular flexibility index (Phi) is 3.55. The van der Waals surface area contributed by atoms with Crippen LogP contribution < -0.4 is 10.9 Å². The lowest BCUT2D eigenvalue weighted by Gasteiger charge is -2.21. The Bertz CT molecular complexity index is 777. The molecule has 3 rings (SSSR count). The molecule has 1 aliphatic rings. The number of aryl methyl sites for hydroxylation is 1. The van der Waals surface area contributed by atoms with E-state index in [0.717, 1.165) is 5.56 Å². The lowest BCUT2D eigenvalue weighted by molar-refractivity contribution is 0.0138. The second-order valence-corrected chi connectivity index (χ2v) is 5.36. The molecule has 6 nitrogen and oxygen atoms in total. The summed E-state index contributed by atoms with van der Waals surface area (Å²) in [5.74, 6) is -2.14. The van der Waals surface area contributed by atoms with Gasteiger partial charge in [-0.3, -0.25) is 19.8 Å². The van der Waals surface area contributed by atoms with Gasteiger partial charge in [0.15, 0.2) is 0 Å². The number of carbonyl (C=O) groups excluding carboxylic acids is 3. The molecular weight excluding hydrogens is 296 g/mol. The van der Waals surface area contributed by atoms with Crippen molar-refractivity contribution in [3.63, 3.8) is 0 Å². The highest BCUT2D eigenvalue weighted by atomic mass is 16.3. The van der Waals surface area contributed by atoms with E-state index in [0.29, 0.717) is 5.56 Å². The van der Waals surface area contributed by atoms with E-state index in [9.17, 15) is 19.5 Å². The number of nitrogens with one attached hydrogen (secondary N) is 2. The fraction of sp³-hybridized carbons (Fsp3) is 0.118. The molecule has 0 heterocycles. The third-order valence-electron chi connectivity index (χ3n) is 3.74. The number of hydrazine groups is 1. The molecule has 1 aliphatic carbocycles. The van der Waals surface area contributed by atoms with E-state index in [1.807, 2.05) is 6.92 Å². The number of aliphatic hydroxyl groups is 1. The number of Topliss-reactive ketones (excluding diaryl/α,β-unsaturated/α-hetero) is 2. The number of ketones is 2. The van der Waals surface area contributed by atoms with Gasteiger partial charge in [-0.1, -0.05) is 42.0 Å². The number of carbonyl (C=O) groups is 3. The minimum Gasteiger partial charge on any atom is -0.361 e. The number of hydrogen-bond donors (Lipinski definition) is 3. The molecule has 0 atom stereocenters. The average Bonchev–Trinajstić information content (AvgIpc) is 2.76. The summed E-state index contributed by atoms with van der Waals surface area (Å²) in [5, 5.41) is 10.4. The average molecular weight is 310 g/mol. The molecule has 3 N–H and O–H groups in total. The third kappa shape index (κ3) is 2.44. The van der Waals surface area contributed by atoms with E-state index in [1.54, 1.807) is 36.4 Å². The minimum absolute atomic E-state index is 0.122. The molecule has 6 heteroatoms. The first-order valence-electron chi connectivity index (χ1n) is 6.98. The molecule has 1 amide bonds. The van der Waals surface area contributed by atoms with Crippen molar-refractivity contribution in [1.29, 1.82) is 0 Å². The van der Waals surface area contributed by atoms with Crippen LogP contribution in [0.4, 0.5) is 0 Å². The molecule has 0 aliphatic heterocycles. The summed E-state index contributed by atoms with van der Waals surface area (Å²) in [7, 11) is 0. The van der Waals surface area contributed by atoms with Crippen LogP contribution in [0, 0.1) is 6.92 Å². The summed E-state index contributed by atoms with van der Waals surface area (Å²) >= 11 is 0. The SMILES string of the molecule is Cc1ccc(C(=O)NNC2(O)C(=O)c3ccccc3C2=O)cc1. The predicted molar refractivity (Wildman–Crippen MR) is 81.8 cm³/mol. The lowest BCUT2D eigenvalue weighted by Crippen LogP contribution is -2.61. The molecule has 0 radical (unpaired) electrons. The van der Waals surface area contributed by atoms with Crippen molar-refractivity contribution in [2.24, 2.45) is 0 Å². The van der Waals surface area contributed by atoms with Crippen molar-refractivity contribution < 1.29 is 19.5 Å². The third-order valence-corrected chi connectivity index (χ3v) is 3.74. The van der Waals surface area contributed by atoms with Crippen molar-refractivity contribution in [1.82, 2.24) is 10.9 Å². The normalized spacial score (nSPS) is 15.4. The van der Waals surface area contributed by atoms with Crippen LogP contribution in [-0.2, 0) is 0 Å². The van der Waals surface area contributed by atoms with Gasteiger partial charge in [0, 0.05) is 16.7 Å². The zero-order valence-corrected chi connectivity index (χ0v) is 12.3. The molecular formula is C17H14N2O4. The zero-order valence-electron chi connectivity index (χ0n) is 12.3. The van der Waals surface area contributed by atoms with E-state index in [4.69, 9.17) is 0 Å². The Morgan fingerprint density at radius 2 is 1.48 bits per heavy atom. The summed E-state index contributed by atoms with van der Waals surface area (Å²) in [4.78, 5) is 36.5. The predicted octanol–water partition coefficient (Wildman–Crippen LogP) is 0.997. The van der Waals surface area contributed by atoms with Crippen molar-refractivity contribution in [3.05, 3.63) is 70.8 Å². The van der Waals surface area contributed by atoms with Crippen molar-refractivity contribution in [2.75, 3.05) is 0 Å². The Morgan fingerprint density at radius 3 is 2.00 bits per heavy atom. The highest BCUT2D eigenvalue weighted by molar-refractivity contribution is 6.31. The summed E-state index contributed by atoms with van der Waals surface area (Å²) in [6, 6.07) is 12.8. The summed E-state index contributed by atoms with van der Waals surface area (Å²) < 4.78 is 0. The van der Waals surface area contributed by atoms with Gasteiger partial charge in [-0.15, -0.1) is 0 Å². The van der Waals surface area contributed by atoms with Gasteiger partial charge in [0.2, 0.25) is 11.6 Å². The fourth-order valence-corrected chi connectivity index (χ4v) is 2.41. The lowest BCUT2D eigenvalue weighted by atomic mass is 10.1. The van der Waals surface area contributed by atoms with E-state index >= 15 is 0 Å². The largest absolute Gasteiger partial charge is 0.361 e. The second-order valence-electron chi connectivity index (χ2n) is 5.36. The molecule has 0 saturated carbocycles. The maximum atomic E-state index is 12.2. The van der Waals surface area contributed by atoms with Gasteiger partial charge in [0.25, 0.3) is 11.6 Å². The fourth-order valence-electron chi connectivity index (χ4n) is 2.41. The Morgan fingerprint density at radius 1 is 0.957 bits per heavy atom. The first-order valence-corrected chi connectivity index (χ1v) is 6.98. The molecule has 0 fully saturated rings. The van der Waals surface area contributed by atoms with Gasteiger partial charge >= 0.3 is 0 Å². The van der Waals surface area contributed by atoms with Gasteiger partial charge in [-0.05, 0) is 19.1 Å². The smallest absolute Gasteiger partial charge is 0.265 e. The van der Waals surface area contributed by atoms with Crippen LogP contribution in [0.25, 0.3) is 0 Å². The second kappa shape index (κ2) is 5.42. The van der Waals surface area contributed by atoms with Gasteiger partial charge in [-0.2, -0.15) is 5.43 Å². The number of rotatable bonds is 3. The topological polar surface area (TPSA) is 95.5 Å². The molecule has 0 spiro atoms. The number of hydrogen-bond acceptors (Lipinski definition) is 5. The molecule has 0 saturated heterocycles. The maximum absolute atomic E-state index is 12.2. The first-order chi connectivity index (χ1) is 10.9. The molecule has 0 bridgehead atoms. The first kappa shape index (κ1) is 15.1. The standard InChI is InChI=1S/C17H14N2O4/c1-10-6-8-11(9-7-10)16(22)18-19-17(23)14(20)12-4-2-3-5-13(12)15(17)21/h2-9,19,23H,1H3,(H,18,22). The van der Waals surface area contributed by atoms with E-state index in [1.165, 1.54) is 12.1 Å². The molecule has 23 heavy (non-hydrogen) atoms. The highest BCUT2D eigenvalue weighted by Crippen LogP contribution is 2.27. The van der Waals surface area contributed by atoms with Crippen LogP contribution in [0.15, 0.2) is 48.5 Å². The van der Waals surface area contributed by atoms with Crippen LogP contribution in [-0.4, -0.2) is 28.3 Å². The van der Waals surface area contributed by atoms with Crippen LogP contribution in [0.5, 0.6) is 0 Å². The maximum Gasteiger partial charge on any atom is 0.265 e.